The van der Waals surface area contributed by atoms with E-state index in [0.29, 0.717) is 12.3 Å². The Morgan fingerprint density at radius 3 is 2.55 bits per heavy atom. The highest BCUT2D eigenvalue weighted by Gasteiger charge is 1.99. The molecular weight excluding hydrogens is 252 g/mol. The number of nitrogens with one attached hydrogen (secondary N) is 1. The van der Waals surface area contributed by atoms with Gasteiger partial charge < -0.3 is 4.74 Å². The van der Waals surface area contributed by atoms with Crippen LogP contribution in [0.3, 0.4) is 0 Å². The van der Waals surface area contributed by atoms with E-state index in [9.17, 15) is 0 Å². The Bertz CT molecular complexity index is 722. The van der Waals surface area contributed by atoms with Crippen LogP contribution in [0.2, 0.25) is 0 Å². The van der Waals surface area contributed by atoms with Crippen molar-refractivity contribution in [2.45, 2.75) is 6.92 Å². The summed E-state index contributed by atoms with van der Waals surface area (Å²) in [5.74, 6) is 0.829. The smallest absolute Gasteiger partial charge is 0.237 e. The maximum atomic E-state index is 8.60. The van der Waals surface area contributed by atoms with E-state index >= 15 is 0 Å². The molecule has 0 amide bonds. The fraction of sp³-hybridized carbons (Fsp3) is 0.133. The van der Waals surface area contributed by atoms with Gasteiger partial charge >= 0.3 is 0 Å². The van der Waals surface area contributed by atoms with E-state index in [1.54, 1.807) is 12.1 Å². The number of rotatable bonds is 4. The van der Waals surface area contributed by atoms with Crippen LogP contribution in [0, 0.1) is 22.7 Å². The lowest BCUT2D eigenvalue weighted by atomic mass is 10.1. The predicted octanol–water partition coefficient (Wildman–Crippen LogP) is 3.05. The molecule has 0 aromatic heterocycles. The second kappa shape index (κ2) is 6.21. The fourth-order valence-electron chi connectivity index (χ4n) is 1.75. The van der Waals surface area contributed by atoms with Gasteiger partial charge in [0.2, 0.25) is 5.71 Å². The van der Waals surface area contributed by atoms with Gasteiger partial charge in [0.1, 0.15) is 17.9 Å². The number of benzene rings is 2. The largest absolute Gasteiger partial charge is 0.494 e. The average molecular weight is 264 g/mol. The van der Waals surface area contributed by atoms with Crippen LogP contribution in [0.4, 0.5) is 5.69 Å². The second-order valence-corrected chi connectivity index (χ2v) is 3.95. The molecule has 0 spiro atoms. The van der Waals surface area contributed by atoms with Crippen LogP contribution in [0.25, 0.3) is 10.8 Å². The van der Waals surface area contributed by atoms with Crippen LogP contribution in [0.15, 0.2) is 41.5 Å². The molecule has 0 bridgehead atoms. The molecule has 20 heavy (non-hydrogen) atoms. The maximum absolute atomic E-state index is 8.60. The van der Waals surface area contributed by atoms with Gasteiger partial charge in [0, 0.05) is 0 Å². The number of nitrogens with zero attached hydrogens (tertiary/aromatic N) is 3. The Labute approximate surface area is 116 Å². The first-order valence-corrected chi connectivity index (χ1v) is 6.07. The molecule has 0 unspecified atom stereocenters. The first-order chi connectivity index (χ1) is 9.76. The molecule has 0 fully saturated rings. The third-order valence-corrected chi connectivity index (χ3v) is 2.63. The highest BCUT2D eigenvalue weighted by molar-refractivity contribution is 6.10. The number of ether oxygens (including phenoxy) is 1. The van der Waals surface area contributed by atoms with Gasteiger partial charge in [-0.15, -0.1) is 0 Å². The number of hydrogen-bond donors (Lipinski definition) is 1. The summed E-state index contributed by atoms with van der Waals surface area (Å²) in [6, 6.07) is 14.8. The summed E-state index contributed by atoms with van der Waals surface area (Å²) in [6.45, 7) is 2.57. The molecule has 0 heterocycles. The van der Waals surface area contributed by atoms with Crippen molar-refractivity contribution in [1.29, 1.82) is 10.5 Å². The van der Waals surface area contributed by atoms with Crippen LogP contribution in [-0.2, 0) is 0 Å². The van der Waals surface area contributed by atoms with Crippen molar-refractivity contribution in [3.63, 3.8) is 0 Å². The van der Waals surface area contributed by atoms with Gasteiger partial charge in [0.05, 0.1) is 12.3 Å². The minimum Gasteiger partial charge on any atom is -0.494 e. The Hall–Kier alpha value is -3.05. The number of anilines is 1. The van der Waals surface area contributed by atoms with Crippen LogP contribution < -0.4 is 10.2 Å². The zero-order chi connectivity index (χ0) is 14.4. The van der Waals surface area contributed by atoms with Gasteiger partial charge in [-0.1, -0.05) is 12.1 Å². The Kier molecular flexibility index (Phi) is 4.16. The van der Waals surface area contributed by atoms with Crippen LogP contribution in [0.5, 0.6) is 5.75 Å². The highest BCUT2D eigenvalue weighted by atomic mass is 16.5. The van der Waals surface area contributed by atoms with Gasteiger partial charge in [-0.05, 0) is 42.0 Å². The molecule has 2 rings (SSSR count). The van der Waals surface area contributed by atoms with Crippen molar-refractivity contribution in [2.75, 3.05) is 12.0 Å². The van der Waals surface area contributed by atoms with E-state index in [2.05, 4.69) is 10.5 Å². The van der Waals surface area contributed by atoms with Gasteiger partial charge in [0.15, 0.2) is 0 Å². The highest BCUT2D eigenvalue weighted by Crippen LogP contribution is 2.24. The van der Waals surface area contributed by atoms with Crippen molar-refractivity contribution in [3.8, 4) is 17.9 Å². The van der Waals surface area contributed by atoms with Gasteiger partial charge in [-0.2, -0.15) is 15.6 Å². The molecule has 0 saturated carbocycles. The van der Waals surface area contributed by atoms with Crippen molar-refractivity contribution < 1.29 is 4.74 Å². The van der Waals surface area contributed by atoms with Gasteiger partial charge in [-0.25, -0.2) is 0 Å². The molecule has 0 saturated heterocycles. The summed E-state index contributed by atoms with van der Waals surface area (Å²) in [5.41, 5.74) is 3.19. The summed E-state index contributed by atoms with van der Waals surface area (Å²) in [5, 5.41) is 23.0. The third-order valence-electron chi connectivity index (χ3n) is 2.63. The number of nitriles is 2. The van der Waals surface area contributed by atoms with E-state index < -0.39 is 0 Å². The Balaban J connectivity index is 2.27. The number of fused-ring (bicyclic) bond motifs is 1. The molecule has 0 atom stereocenters. The predicted molar refractivity (Wildman–Crippen MR) is 77.4 cm³/mol. The summed E-state index contributed by atoms with van der Waals surface area (Å²) < 4.78 is 5.44. The second-order valence-electron chi connectivity index (χ2n) is 3.95. The summed E-state index contributed by atoms with van der Waals surface area (Å²) >= 11 is 0. The quantitative estimate of drug-likeness (QED) is 0.679. The maximum Gasteiger partial charge on any atom is 0.237 e. The van der Waals surface area contributed by atoms with Gasteiger partial charge in [0.25, 0.3) is 0 Å². The van der Waals surface area contributed by atoms with Crippen LogP contribution in [0.1, 0.15) is 6.92 Å². The SMILES string of the molecule is CCOc1ccc2cc(NN=C(C#N)C#N)ccc2c1. The number of hydrogen-bond acceptors (Lipinski definition) is 5. The molecule has 5 heteroatoms. The minimum atomic E-state index is -0.211. The Morgan fingerprint density at radius 2 is 1.85 bits per heavy atom. The molecular formula is C15H12N4O. The van der Waals surface area contributed by atoms with Crippen molar-refractivity contribution >= 4 is 22.2 Å². The van der Waals surface area contributed by atoms with E-state index in [0.717, 1.165) is 16.5 Å². The summed E-state index contributed by atoms with van der Waals surface area (Å²) in [7, 11) is 0. The molecule has 0 radical (unpaired) electrons. The lowest BCUT2D eigenvalue weighted by Crippen LogP contribution is -1.96. The zero-order valence-corrected chi connectivity index (χ0v) is 10.9. The van der Waals surface area contributed by atoms with E-state index in [4.69, 9.17) is 15.3 Å². The molecule has 0 aliphatic rings. The third kappa shape index (κ3) is 3.04. The molecule has 98 valence electrons. The molecule has 2 aromatic carbocycles. The first kappa shape index (κ1) is 13.4. The zero-order valence-electron chi connectivity index (χ0n) is 10.9. The van der Waals surface area contributed by atoms with Crippen molar-refractivity contribution in [2.24, 2.45) is 5.10 Å². The minimum absolute atomic E-state index is 0.211. The lowest BCUT2D eigenvalue weighted by molar-refractivity contribution is 0.341. The molecule has 0 aliphatic heterocycles. The van der Waals surface area contributed by atoms with E-state index in [-0.39, 0.29) is 5.71 Å². The van der Waals surface area contributed by atoms with Gasteiger partial charge in [-0.3, -0.25) is 5.43 Å². The molecule has 5 nitrogen and oxygen atoms in total. The molecule has 0 aliphatic carbocycles. The first-order valence-electron chi connectivity index (χ1n) is 6.07. The summed E-state index contributed by atoms with van der Waals surface area (Å²) in [4.78, 5) is 0. The number of hydrazone groups is 1. The van der Waals surface area contributed by atoms with Crippen LogP contribution >= 0.6 is 0 Å². The summed E-state index contributed by atoms with van der Waals surface area (Å²) in [6.07, 6.45) is 0. The van der Waals surface area contributed by atoms with Crippen molar-refractivity contribution in [3.05, 3.63) is 36.4 Å². The Morgan fingerprint density at radius 1 is 1.15 bits per heavy atom. The fourth-order valence-corrected chi connectivity index (χ4v) is 1.75. The average Bonchev–Trinajstić information content (AvgIpc) is 2.48. The molecule has 1 N–H and O–H groups in total. The topological polar surface area (TPSA) is 81.2 Å². The van der Waals surface area contributed by atoms with E-state index in [1.165, 1.54) is 0 Å². The monoisotopic (exact) mass is 264 g/mol. The molecule has 2 aromatic rings. The van der Waals surface area contributed by atoms with Crippen LogP contribution in [-0.4, -0.2) is 12.3 Å². The normalized spacial score (nSPS) is 9.35. The standard InChI is InChI=1S/C15H12N4O/c1-2-20-15-6-4-11-7-13(5-3-12(11)8-15)18-19-14(9-16)10-17/h3-8,18H,2H2,1H3. The van der Waals surface area contributed by atoms with Crippen molar-refractivity contribution in [1.82, 2.24) is 0 Å². The lowest BCUT2D eigenvalue weighted by Gasteiger charge is -2.06. The van der Waals surface area contributed by atoms with E-state index in [1.807, 2.05) is 43.3 Å².